The lowest BCUT2D eigenvalue weighted by Gasteiger charge is -2.13. The summed E-state index contributed by atoms with van der Waals surface area (Å²) >= 11 is 0. The fourth-order valence-corrected chi connectivity index (χ4v) is 2.21. The summed E-state index contributed by atoms with van der Waals surface area (Å²) in [6.45, 7) is 1.46. The van der Waals surface area contributed by atoms with Gasteiger partial charge in [-0.15, -0.1) is 0 Å². The molecule has 0 bridgehead atoms. The molecular weight excluding hydrogens is 352 g/mol. The molecular formula is C18H16F4N2O2. The van der Waals surface area contributed by atoms with Gasteiger partial charge in [-0.3, -0.25) is 9.59 Å². The Labute approximate surface area is 147 Å². The number of aryl methyl sites for hydroxylation is 1. The molecule has 0 aliphatic heterocycles. The van der Waals surface area contributed by atoms with Gasteiger partial charge in [0.1, 0.15) is 5.82 Å². The minimum Gasteiger partial charge on any atom is -0.350 e. The Balaban J connectivity index is 1.89. The lowest BCUT2D eigenvalue weighted by Crippen LogP contribution is -2.35. The molecule has 2 aromatic rings. The molecule has 0 aromatic heterocycles. The Morgan fingerprint density at radius 3 is 2.19 bits per heavy atom. The number of alkyl halides is 3. The molecule has 0 saturated heterocycles. The van der Waals surface area contributed by atoms with Crippen LogP contribution < -0.4 is 10.6 Å². The summed E-state index contributed by atoms with van der Waals surface area (Å²) in [4.78, 5) is 23.8. The van der Waals surface area contributed by atoms with E-state index in [4.69, 9.17) is 0 Å². The first-order chi connectivity index (χ1) is 12.2. The molecule has 0 aliphatic carbocycles. The molecule has 0 atom stereocenters. The van der Waals surface area contributed by atoms with E-state index in [2.05, 4.69) is 10.6 Å². The summed E-state index contributed by atoms with van der Waals surface area (Å²) in [5.41, 5.74) is -1.01. The zero-order chi connectivity index (χ0) is 19.3. The van der Waals surface area contributed by atoms with Gasteiger partial charge in [0.25, 0.3) is 11.8 Å². The number of benzene rings is 2. The second-order valence-corrected chi connectivity index (χ2v) is 5.52. The van der Waals surface area contributed by atoms with Crippen molar-refractivity contribution in [3.05, 3.63) is 70.5 Å². The molecule has 0 saturated carbocycles. The number of hydrogen-bond acceptors (Lipinski definition) is 2. The van der Waals surface area contributed by atoms with Gasteiger partial charge in [-0.1, -0.05) is 18.2 Å². The number of rotatable bonds is 5. The minimum atomic E-state index is -4.64. The van der Waals surface area contributed by atoms with Crippen LogP contribution in [0.5, 0.6) is 0 Å². The van der Waals surface area contributed by atoms with Crippen LogP contribution >= 0.6 is 0 Å². The predicted octanol–water partition coefficient (Wildman–Crippen LogP) is 3.31. The van der Waals surface area contributed by atoms with E-state index in [0.717, 1.165) is 18.2 Å². The van der Waals surface area contributed by atoms with Gasteiger partial charge < -0.3 is 10.6 Å². The van der Waals surface area contributed by atoms with Crippen LogP contribution in [0, 0.1) is 12.7 Å². The van der Waals surface area contributed by atoms with Crippen molar-refractivity contribution >= 4 is 11.8 Å². The molecule has 4 nitrogen and oxygen atoms in total. The van der Waals surface area contributed by atoms with Gasteiger partial charge in [0.15, 0.2) is 0 Å². The number of amides is 2. The van der Waals surface area contributed by atoms with Crippen LogP contribution in [0.3, 0.4) is 0 Å². The van der Waals surface area contributed by atoms with Gasteiger partial charge in [0, 0.05) is 18.7 Å². The summed E-state index contributed by atoms with van der Waals surface area (Å²) in [5.74, 6) is -1.96. The van der Waals surface area contributed by atoms with Gasteiger partial charge in [0.05, 0.1) is 11.1 Å². The Kier molecular flexibility index (Phi) is 5.97. The van der Waals surface area contributed by atoms with Crippen molar-refractivity contribution < 1.29 is 27.2 Å². The van der Waals surface area contributed by atoms with E-state index in [1.54, 1.807) is 6.92 Å². The molecule has 2 aromatic carbocycles. The lowest BCUT2D eigenvalue weighted by atomic mass is 10.1. The van der Waals surface area contributed by atoms with Crippen molar-refractivity contribution in [3.8, 4) is 0 Å². The Hall–Kier alpha value is -2.90. The molecule has 26 heavy (non-hydrogen) atoms. The normalized spacial score (nSPS) is 11.1. The summed E-state index contributed by atoms with van der Waals surface area (Å²) in [6, 6.07) is 8.42. The smallest absolute Gasteiger partial charge is 0.350 e. The van der Waals surface area contributed by atoms with Crippen molar-refractivity contribution in [2.75, 3.05) is 13.1 Å². The third-order valence-electron chi connectivity index (χ3n) is 3.61. The van der Waals surface area contributed by atoms with E-state index in [0.29, 0.717) is 5.56 Å². The first-order valence-corrected chi connectivity index (χ1v) is 7.69. The molecule has 0 aliphatic rings. The highest BCUT2D eigenvalue weighted by Gasteiger charge is 2.34. The Morgan fingerprint density at radius 2 is 1.58 bits per heavy atom. The number of hydrogen-bond donors (Lipinski definition) is 2. The standard InChI is InChI=1S/C18H16F4N2O2/c1-11-6-7-12(10-15(11)19)16(25)23-8-9-24-17(26)13-4-2-3-5-14(13)18(20,21)22/h2-7,10H,8-9H2,1H3,(H,23,25)(H,24,26). The molecule has 0 unspecified atom stereocenters. The SMILES string of the molecule is Cc1ccc(C(=O)NCCNC(=O)c2ccccc2C(F)(F)F)cc1F. The fraction of sp³-hybridized carbons (Fsp3) is 0.222. The second kappa shape index (κ2) is 7.99. The number of carbonyl (C=O) groups is 2. The van der Waals surface area contributed by atoms with Crippen molar-refractivity contribution in [3.63, 3.8) is 0 Å². The van der Waals surface area contributed by atoms with Crippen LogP contribution in [0.15, 0.2) is 42.5 Å². The highest BCUT2D eigenvalue weighted by atomic mass is 19.4. The highest BCUT2D eigenvalue weighted by molar-refractivity contribution is 5.96. The molecule has 2 rings (SSSR count). The van der Waals surface area contributed by atoms with Crippen LogP contribution in [-0.2, 0) is 6.18 Å². The first-order valence-electron chi connectivity index (χ1n) is 7.69. The van der Waals surface area contributed by atoms with Crippen LogP contribution in [-0.4, -0.2) is 24.9 Å². The Bertz CT molecular complexity index is 819. The molecule has 138 valence electrons. The maximum atomic E-state index is 13.4. The molecule has 8 heteroatoms. The van der Waals surface area contributed by atoms with E-state index in [1.165, 1.54) is 24.3 Å². The van der Waals surface area contributed by atoms with E-state index in [-0.39, 0.29) is 18.7 Å². The molecule has 2 amide bonds. The summed E-state index contributed by atoms with van der Waals surface area (Å²) in [5, 5.41) is 4.77. The summed E-state index contributed by atoms with van der Waals surface area (Å²) in [6.07, 6.45) is -4.64. The molecule has 0 spiro atoms. The lowest BCUT2D eigenvalue weighted by molar-refractivity contribution is -0.137. The fourth-order valence-electron chi connectivity index (χ4n) is 2.21. The maximum absolute atomic E-state index is 13.4. The van der Waals surface area contributed by atoms with E-state index in [9.17, 15) is 27.2 Å². The third-order valence-corrected chi connectivity index (χ3v) is 3.61. The highest BCUT2D eigenvalue weighted by Crippen LogP contribution is 2.31. The molecule has 0 fully saturated rings. The van der Waals surface area contributed by atoms with Crippen molar-refractivity contribution in [1.82, 2.24) is 10.6 Å². The molecule has 2 N–H and O–H groups in total. The number of carbonyl (C=O) groups excluding carboxylic acids is 2. The topological polar surface area (TPSA) is 58.2 Å². The summed E-state index contributed by atoms with van der Waals surface area (Å²) in [7, 11) is 0. The van der Waals surface area contributed by atoms with Crippen LogP contribution in [0.25, 0.3) is 0 Å². The predicted molar refractivity (Wildman–Crippen MR) is 87.2 cm³/mol. The minimum absolute atomic E-state index is 0.0196. The van der Waals surface area contributed by atoms with Gasteiger partial charge in [-0.05, 0) is 36.8 Å². The quantitative estimate of drug-likeness (QED) is 0.628. The van der Waals surface area contributed by atoms with Crippen molar-refractivity contribution in [1.29, 1.82) is 0 Å². The zero-order valence-corrected chi connectivity index (χ0v) is 13.8. The van der Waals surface area contributed by atoms with Crippen molar-refractivity contribution in [2.45, 2.75) is 13.1 Å². The number of halogens is 4. The van der Waals surface area contributed by atoms with Gasteiger partial charge in [-0.2, -0.15) is 13.2 Å². The second-order valence-electron chi connectivity index (χ2n) is 5.52. The van der Waals surface area contributed by atoms with Crippen LogP contribution in [0.2, 0.25) is 0 Å². The van der Waals surface area contributed by atoms with E-state index in [1.807, 2.05) is 0 Å². The van der Waals surface area contributed by atoms with Gasteiger partial charge in [-0.25, -0.2) is 4.39 Å². The molecule has 0 heterocycles. The number of nitrogens with one attached hydrogen (secondary N) is 2. The van der Waals surface area contributed by atoms with Crippen molar-refractivity contribution in [2.24, 2.45) is 0 Å². The zero-order valence-electron chi connectivity index (χ0n) is 13.8. The monoisotopic (exact) mass is 368 g/mol. The Morgan fingerprint density at radius 1 is 0.962 bits per heavy atom. The van der Waals surface area contributed by atoms with Gasteiger partial charge >= 0.3 is 6.18 Å². The van der Waals surface area contributed by atoms with E-state index < -0.39 is 34.9 Å². The first kappa shape index (κ1) is 19.4. The largest absolute Gasteiger partial charge is 0.417 e. The molecule has 0 radical (unpaired) electrons. The van der Waals surface area contributed by atoms with Crippen LogP contribution in [0.4, 0.5) is 17.6 Å². The average molecular weight is 368 g/mol. The van der Waals surface area contributed by atoms with Gasteiger partial charge in [0.2, 0.25) is 0 Å². The average Bonchev–Trinajstić information content (AvgIpc) is 2.60. The summed E-state index contributed by atoms with van der Waals surface area (Å²) < 4.78 is 52.1. The maximum Gasteiger partial charge on any atom is 0.417 e. The third kappa shape index (κ3) is 4.81. The van der Waals surface area contributed by atoms with Crippen LogP contribution in [0.1, 0.15) is 31.8 Å². The van der Waals surface area contributed by atoms with E-state index >= 15 is 0 Å².